The lowest BCUT2D eigenvalue weighted by atomic mass is 10.2. The number of aromatic carboxylic acids is 1. The molecule has 0 radical (unpaired) electrons. The summed E-state index contributed by atoms with van der Waals surface area (Å²) in [6.45, 7) is 0. The zero-order chi connectivity index (χ0) is 14.7. The second kappa shape index (κ2) is 5.87. The van der Waals surface area contributed by atoms with Crippen molar-refractivity contribution in [3.05, 3.63) is 59.4 Å². The van der Waals surface area contributed by atoms with Crippen LogP contribution in [0.25, 0.3) is 0 Å². The molecule has 2 rings (SSSR count). The summed E-state index contributed by atoms with van der Waals surface area (Å²) in [6.07, 6.45) is 1.12. The zero-order valence-electron chi connectivity index (χ0n) is 10.0. The number of pyridine rings is 1. The van der Waals surface area contributed by atoms with Gasteiger partial charge in [0, 0.05) is 6.20 Å². The first kappa shape index (κ1) is 14.3. The lowest BCUT2D eigenvalue weighted by molar-refractivity contribution is 0.0696. The minimum atomic E-state index is -1.80. The van der Waals surface area contributed by atoms with Gasteiger partial charge in [-0.3, -0.25) is 9.19 Å². The predicted octanol–water partition coefficient (Wildman–Crippen LogP) is 2.37. The van der Waals surface area contributed by atoms with Crippen molar-refractivity contribution < 1.29 is 22.9 Å². The van der Waals surface area contributed by atoms with Crippen molar-refractivity contribution >= 4 is 16.8 Å². The molecule has 20 heavy (non-hydrogen) atoms. The first-order valence-electron chi connectivity index (χ1n) is 5.49. The summed E-state index contributed by atoms with van der Waals surface area (Å²) in [5.41, 5.74) is 0.327. The van der Waals surface area contributed by atoms with Crippen molar-refractivity contribution in [1.82, 2.24) is 4.98 Å². The number of hydrogen-bond donors (Lipinski definition) is 1. The zero-order valence-corrected chi connectivity index (χ0v) is 10.9. The number of rotatable bonds is 4. The minimum absolute atomic E-state index is 0.00327. The van der Waals surface area contributed by atoms with E-state index in [0.717, 1.165) is 24.4 Å². The summed E-state index contributed by atoms with van der Waals surface area (Å²) < 4.78 is 38.4. The number of carboxylic acid groups (broad SMARTS) is 1. The van der Waals surface area contributed by atoms with Gasteiger partial charge in [-0.25, -0.2) is 13.6 Å². The molecule has 0 fully saturated rings. The van der Waals surface area contributed by atoms with Crippen molar-refractivity contribution in [2.75, 3.05) is 0 Å². The SMILES string of the molecule is O=C(O)c1ccc(CS(=O)c2cc(F)ccc2F)nc1. The van der Waals surface area contributed by atoms with Gasteiger partial charge in [0.25, 0.3) is 0 Å². The summed E-state index contributed by atoms with van der Waals surface area (Å²) >= 11 is 0. The fraction of sp³-hybridized carbons (Fsp3) is 0.0769. The van der Waals surface area contributed by atoms with E-state index in [1.165, 1.54) is 12.1 Å². The maximum absolute atomic E-state index is 13.4. The van der Waals surface area contributed by atoms with Crippen LogP contribution in [0.5, 0.6) is 0 Å². The van der Waals surface area contributed by atoms with Gasteiger partial charge in [0.1, 0.15) is 11.6 Å². The van der Waals surface area contributed by atoms with Gasteiger partial charge in [-0.05, 0) is 30.3 Å². The van der Waals surface area contributed by atoms with E-state index in [9.17, 15) is 17.8 Å². The Labute approximate surface area is 115 Å². The molecule has 0 aliphatic rings. The second-order valence-corrected chi connectivity index (χ2v) is 5.33. The molecule has 0 amide bonds. The van der Waals surface area contributed by atoms with E-state index in [1.54, 1.807) is 0 Å². The van der Waals surface area contributed by atoms with Crippen LogP contribution in [0, 0.1) is 11.6 Å². The standard InChI is InChI=1S/C13H9F2NO3S/c14-9-2-4-11(15)12(5-9)20(19)7-10-3-1-8(6-16-10)13(17)18/h1-6H,7H2,(H,17,18). The van der Waals surface area contributed by atoms with E-state index < -0.39 is 28.4 Å². The lowest BCUT2D eigenvalue weighted by Gasteiger charge is -2.04. The number of hydrogen-bond acceptors (Lipinski definition) is 3. The summed E-state index contributed by atoms with van der Waals surface area (Å²) in [6, 6.07) is 5.42. The van der Waals surface area contributed by atoms with Crippen molar-refractivity contribution in [2.45, 2.75) is 10.6 Å². The average molecular weight is 297 g/mol. The molecule has 7 heteroatoms. The van der Waals surface area contributed by atoms with Crippen LogP contribution in [0.4, 0.5) is 8.78 Å². The van der Waals surface area contributed by atoms with E-state index in [0.29, 0.717) is 5.69 Å². The van der Waals surface area contributed by atoms with Gasteiger partial charge in [0.05, 0.1) is 32.7 Å². The molecule has 1 N–H and O–H groups in total. The minimum Gasteiger partial charge on any atom is -0.478 e. The third-order valence-electron chi connectivity index (χ3n) is 2.49. The Hall–Kier alpha value is -2.15. The molecule has 1 aromatic heterocycles. The van der Waals surface area contributed by atoms with Crippen LogP contribution in [0.2, 0.25) is 0 Å². The molecular weight excluding hydrogens is 288 g/mol. The fourth-order valence-corrected chi connectivity index (χ4v) is 2.62. The van der Waals surface area contributed by atoms with Crippen LogP contribution < -0.4 is 0 Å². The molecule has 1 unspecified atom stereocenters. The number of halogens is 2. The molecule has 1 atom stereocenters. The number of aromatic nitrogens is 1. The molecule has 1 aromatic carbocycles. The van der Waals surface area contributed by atoms with E-state index in [2.05, 4.69) is 4.98 Å². The number of nitrogens with zero attached hydrogens (tertiary/aromatic N) is 1. The summed E-state index contributed by atoms with van der Waals surface area (Å²) in [7, 11) is -1.80. The van der Waals surface area contributed by atoms with Crippen LogP contribution in [0.1, 0.15) is 16.1 Å². The Bertz CT molecular complexity index is 674. The molecule has 104 valence electrons. The molecular formula is C13H9F2NO3S. The monoisotopic (exact) mass is 297 g/mol. The predicted molar refractivity (Wildman–Crippen MR) is 67.7 cm³/mol. The third-order valence-corrected chi connectivity index (χ3v) is 3.85. The quantitative estimate of drug-likeness (QED) is 0.940. The summed E-state index contributed by atoms with van der Waals surface area (Å²) in [4.78, 5) is 14.2. The maximum Gasteiger partial charge on any atom is 0.337 e. The van der Waals surface area contributed by atoms with E-state index in [4.69, 9.17) is 5.11 Å². The summed E-state index contributed by atoms with van der Waals surface area (Å²) in [5.74, 6) is -2.68. The van der Waals surface area contributed by atoms with Crippen LogP contribution in [0.15, 0.2) is 41.4 Å². The van der Waals surface area contributed by atoms with E-state index >= 15 is 0 Å². The molecule has 0 aliphatic carbocycles. The molecule has 0 saturated carbocycles. The van der Waals surface area contributed by atoms with Crippen molar-refractivity contribution in [3.8, 4) is 0 Å². The first-order chi connectivity index (χ1) is 9.47. The number of benzene rings is 1. The number of carbonyl (C=O) groups is 1. The Kier molecular flexibility index (Phi) is 4.19. The van der Waals surface area contributed by atoms with Gasteiger partial charge in [-0.15, -0.1) is 0 Å². The highest BCUT2D eigenvalue weighted by Gasteiger charge is 2.13. The van der Waals surface area contributed by atoms with Crippen LogP contribution in [-0.4, -0.2) is 20.3 Å². The lowest BCUT2D eigenvalue weighted by Crippen LogP contribution is -2.03. The largest absolute Gasteiger partial charge is 0.478 e. The Morgan fingerprint density at radius 2 is 2.00 bits per heavy atom. The Morgan fingerprint density at radius 3 is 2.60 bits per heavy atom. The van der Waals surface area contributed by atoms with Gasteiger partial charge in [-0.2, -0.15) is 0 Å². The van der Waals surface area contributed by atoms with Gasteiger partial charge in [0.2, 0.25) is 0 Å². The molecule has 0 bridgehead atoms. The molecule has 1 heterocycles. The highest BCUT2D eigenvalue weighted by molar-refractivity contribution is 7.84. The maximum atomic E-state index is 13.4. The fourth-order valence-electron chi connectivity index (χ4n) is 1.50. The van der Waals surface area contributed by atoms with Gasteiger partial charge < -0.3 is 5.11 Å². The van der Waals surface area contributed by atoms with Crippen molar-refractivity contribution in [1.29, 1.82) is 0 Å². The highest BCUT2D eigenvalue weighted by Crippen LogP contribution is 2.17. The van der Waals surface area contributed by atoms with Crippen molar-refractivity contribution in [2.24, 2.45) is 0 Å². The van der Waals surface area contributed by atoms with Crippen LogP contribution in [0.3, 0.4) is 0 Å². The summed E-state index contributed by atoms with van der Waals surface area (Å²) in [5, 5.41) is 8.71. The molecule has 0 aliphatic heterocycles. The third kappa shape index (κ3) is 3.24. The van der Waals surface area contributed by atoms with Crippen LogP contribution in [-0.2, 0) is 16.6 Å². The normalized spacial score (nSPS) is 12.1. The van der Waals surface area contributed by atoms with Crippen LogP contribution >= 0.6 is 0 Å². The highest BCUT2D eigenvalue weighted by atomic mass is 32.2. The molecule has 0 saturated heterocycles. The first-order valence-corrected chi connectivity index (χ1v) is 6.81. The smallest absolute Gasteiger partial charge is 0.337 e. The van der Waals surface area contributed by atoms with E-state index in [-0.39, 0.29) is 16.2 Å². The Morgan fingerprint density at radius 1 is 1.25 bits per heavy atom. The number of carboxylic acids is 1. The van der Waals surface area contributed by atoms with Crippen molar-refractivity contribution in [3.63, 3.8) is 0 Å². The van der Waals surface area contributed by atoms with Gasteiger partial charge in [0.15, 0.2) is 0 Å². The topological polar surface area (TPSA) is 67.3 Å². The molecule has 4 nitrogen and oxygen atoms in total. The molecule has 0 spiro atoms. The van der Waals surface area contributed by atoms with Gasteiger partial charge >= 0.3 is 5.97 Å². The van der Waals surface area contributed by atoms with Gasteiger partial charge in [-0.1, -0.05) is 0 Å². The van der Waals surface area contributed by atoms with E-state index in [1.807, 2.05) is 0 Å². The average Bonchev–Trinajstić information content (AvgIpc) is 2.42. The second-order valence-electron chi connectivity index (χ2n) is 3.91. The molecule has 2 aromatic rings. The Balaban J connectivity index is 2.19.